The van der Waals surface area contributed by atoms with E-state index in [4.69, 9.17) is 9.47 Å². The molecule has 1 aliphatic carbocycles. The lowest BCUT2D eigenvalue weighted by Gasteiger charge is -2.47. The maximum Gasteiger partial charge on any atom is 0.410 e. The first-order valence-corrected chi connectivity index (χ1v) is 16.3. The Labute approximate surface area is 265 Å². The summed E-state index contributed by atoms with van der Waals surface area (Å²) in [6.07, 6.45) is 2.93. The van der Waals surface area contributed by atoms with E-state index in [1.807, 2.05) is 20.8 Å². The number of carboxylic acid groups (broad SMARTS) is 1. The zero-order valence-corrected chi connectivity index (χ0v) is 28.1. The maximum absolute atomic E-state index is 14.2. The van der Waals surface area contributed by atoms with Gasteiger partial charge in [-0.1, -0.05) is 18.8 Å². The van der Waals surface area contributed by atoms with Gasteiger partial charge in [-0.15, -0.1) is 11.3 Å². The number of aromatic carboxylic acids is 1. The first kappa shape index (κ1) is 33.6. The zero-order valence-electron chi connectivity index (χ0n) is 27.3. The summed E-state index contributed by atoms with van der Waals surface area (Å²) < 4.78 is 11.3. The van der Waals surface area contributed by atoms with Crippen molar-refractivity contribution in [2.45, 2.75) is 105 Å². The fourth-order valence-electron chi connectivity index (χ4n) is 5.90. The van der Waals surface area contributed by atoms with Crippen LogP contribution in [0.2, 0.25) is 0 Å². The van der Waals surface area contributed by atoms with Crippen LogP contribution in [-0.2, 0) is 14.3 Å². The summed E-state index contributed by atoms with van der Waals surface area (Å²) in [5.74, 6) is 5.42. The van der Waals surface area contributed by atoms with Crippen LogP contribution in [0.4, 0.5) is 15.3 Å². The number of carbonyl (C=O) groups excluding carboxylic acids is 3. The molecule has 1 aromatic heterocycles. The number of nitrogens with zero attached hydrogens (tertiary/aromatic N) is 3. The molecular formula is C33H47N3O7S. The molecule has 10 nitrogen and oxygen atoms in total. The average molecular weight is 630 g/mol. The van der Waals surface area contributed by atoms with Gasteiger partial charge in [-0.2, -0.15) is 0 Å². The van der Waals surface area contributed by atoms with E-state index in [2.05, 4.69) is 18.8 Å². The molecule has 1 saturated carbocycles. The van der Waals surface area contributed by atoms with E-state index in [1.54, 1.807) is 43.6 Å². The molecule has 2 aliphatic heterocycles. The summed E-state index contributed by atoms with van der Waals surface area (Å²) >= 11 is 1.08. The fourth-order valence-corrected chi connectivity index (χ4v) is 6.74. The molecule has 4 rings (SSSR count). The maximum atomic E-state index is 14.2. The van der Waals surface area contributed by atoms with Crippen molar-refractivity contribution < 1.29 is 33.8 Å². The lowest BCUT2D eigenvalue weighted by molar-refractivity contribution is -0.124. The molecule has 0 radical (unpaired) electrons. The monoisotopic (exact) mass is 629 g/mol. The van der Waals surface area contributed by atoms with Crippen LogP contribution in [-0.4, -0.2) is 82.4 Å². The van der Waals surface area contributed by atoms with Gasteiger partial charge < -0.3 is 29.3 Å². The van der Waals surface area contributed by atoms with Crippen LogP contribution in [0.1, 0.15) is 102 Å². The topological polar surface area (TPSA) is 117 Å². The van der Waals surface area contributed by atoms with Gasteiger partial charge in [0, 0.05) is 24.4 Å². The highest BCUT2D eigenvalue weighted by molar-refractivity contribution is 7.15. The highest BCUT2D eigenvalue weighted by Crippen LogP contribution is 2.38. The zero-order chi connectivity index (χ0) is 32.6. The van der Waals surface area contributed by atoms with Crippen LogP contribution in [0.5, 0.6) is 0 Å². The van der Waals surface area contributed by atoms with Gasteiger partial charge in [0.15, 0.2) is 0 Å². The van der Waals surface area contributed by atoms with Crippen LogP contribution in [0, 0.1) is 29.1 Å². The van der Waals surface area contributed by atoms with Crippen molar-refractivity contribution in [2.75, 3.05) is 31.1 Å². The second kappa shape index (κ2) is 12.6. The summed E-state index contributed by atoms with van der Waals surface area (Å²) in [6.45, 7) is 16.4. The van der Waals surface area contributed by atoms with Crippen LogP contribution >= 0.6 is 11.3 Å². The Balaban J connectivity index is 1.53. The molecule has 242 valence electrons. The van der Waals surface area contributed by atoms with Crippen molar-refractivity contribution >= 4 is 41.1 Å². The van der Waals surface area contributed by atoms with E-state index >= 15 is 0 Å². The van der Waals surface area contributed by atoms with E-state index < -0.39 is 35.4 Å². The van der Waals surface area contributed by atoms with Crippen molar-refractivity contribution in [1.29, 1.82) is 0 Å². The lowest BCUT2D eigenvalue weighted by Crippen LogP contribution is -2.64. The Kier molecular flexibility index (Phi) is 9.65. The van der Waals surface area contributed by atoms with E-state index in [0.29, 0.717) is 29.4 Å². The minimum atomic E-state index is -1.11. The highest BCUT2D eigenvalue weighted by Gasteiger charge is 2.48. The molecule has 11 heteroatoms. The number of amides is 3. The standard InChI is InChI=1S/C33H47N3O7S/c1-21-9-11-22(12-10-21)27(37)36(25-17-24(13-15-31(2,3)4)44-26(25)28(38)39)23-14-16-34(18-23)29(40)43-33(8)19-35(20-33)30(41)42-32(5,6)7/h17,21-23H,9-12,14,16,18-20H2,1-8H3,(H,38,39)/t21-,22-,23?. The molecule has 0 spiro atoms. The smallest absolute Gasteiger partial charge is 0.410 e. The molecule has 3 aliphatic rings. The SMILES string of the molecule is CC(C)(C)C#Cc1cc(N(C(=O)[C@H]2CC[C@H](C)CC2)C2CCN(C(=O)OC3(C)CN(C(=O)OC(C)(C)C)C3)C2)c(C(=O)O)s1. The number of hydrogen-bond donors (Lipinski definition) is 1. The third kappa shape index (κ3) is 8.26. The van der Waals surface area contributed by atoms with Crippen molar-refractivity contribution in [3.05, 3.63) is 15.8 Å². The molecule has 1 atom stereocenters. The number of ether oxygens (including phenoxy) is 2. The van der Waals surface area contributed by atoms with Crippen molar-refractivity contribution in [2.24, 2.45) is 17.3 Å². The molecular weight excluding hydrogens is 582 g/mol. The predicted octanol–water partition coefficient (Wildman–Crippen LogP) is 6.22. The molecule has 3 heterocycles. The van der Waals surface area contributed by atoms with Crippen LogP contribution in [0.15, 0.2) is 6.07 Å². The van der Waals surface area contributed by atoms with Gasteiger partial charge in [-0.05, 0) is 92.6 Å². The molecule has 1 aromatic rings. The van der Waals surface area contributed by atoms with Crippen LogP contribution in [0.3, 0.4) is 0 Å². The normalized spacial score (nSPS) is 23.2. The van der Waals surface area contributed by atoms with E-state index in [9.17, 15) is 24.3 Å². The number of likely N-dealkylation sites (tertiary alicyclic amines) is 2. The van der Waals surface area contributed by atoms with Gasteiger partial charge in [-0.25, -0.2) is 14.4 Å². The van der Waals surface area contributed by atoms with E-state index in [-0.39, 0.29) is 41.8 Å². The average Bonchev–Trinajstić information content (AvgIpc) is 3.53. The van der Waals surface area contributed by atoms with Crippen LogP contribution in [0.25, 0.3) is 0 Å². The first-order chi connectivity index (χ1) is 20.3. The Morgan fingerprint density at radius 2 is 1.64 bits per heavy atom. The predicted molar refractivity (Wildman–Crippen MR) is 169 cm³/mol. The Bertz CT molecular complexity index is 1330. The summed E-state index contributed by atoms with van der Waals surface area (Å²) in [5.41, 5.74) is -1.38. The number of thiophene rings is 1. The summed E-state index contributed by atoms with van der Waals surface area (Å²) in [7, 11) is 0. The Morgan fingerprint density at radius 1 is 1.00 bits per heavy atom. The molecule has 0 aromatic carbocycles. The van der Waals surface area contributed by atoms with Gasteiger partial charge in [0.05, 0.1) is 29.7 Å². The molecule has 1 unspecified atom stereocenters. The fraction of sp³-hybridized carbons (Fsp3) is 0.697. The third-order valence-corrected chi connectivity index (χ3v) is 9.18. The summed E-state index contributed by atoms with van der Waals surface area (Å²) in [6, 6.07) is 1.32. The number of rotatable bonds is 5. The molecule has 1 N–H and O–H groups in total. The quantitative estimate of drug-likeness (QED) is 0.384. The number of carboxylic acids is 1. The van der Waals surface area contributed by atoms with Crippen molar-refractivity contribution in [3.8, 4) is 11.8 Å². The molecule has 2 saturated heterocycles. The van der Waals surface area contributed by atoms with Gasteiger partial charge in [0.1, 0.15) is 16.1 Å². The van der Waals surface area contributed by atoms with Crippen molar-refractivity contribution in [3.63, 3.8) is 0 Å². The van der Waals surface area contributed by atoms with Crippen LogP contribution < -0.4 is 4.90 Å². The third-order valence-electron chi connectivity index (χ3n) is 8.15. The Hall–Kier alpha value is -3.26. The minimum absolute atomic E-state index is 0.0750. The minimum Gasteiger partial charge on any atom is -0.477 e. The summed E-state index contributed by atoms with van der Waals surface area (Å²) in [5, 5.41) is 10.2. The second-order valence-electron chi connectivity index (χ2n) is 14.8. The number of carbonyl (C=O) groups is 4. The summed E-state index contributed by atoms with van der Waals surface area (Å²) in [4.78, 5) is 57.6. The highest BCUT2D eigenvalue weighted by atomic mass is 32.1. The molecule has 3 fully saturated rings. The molecule has 44 heavy (non-hydrogen) atoms. The largest absolute Gasteiger partial charge is 0.477 e. The van der Waals surface area contributed by atoms with Gasteiger partial charge in [0.2, 0.25) is 5.91 Å². The van der Waals surface area contributed by atoms with E-state index in [1.165, 1.54) is 4.90 Å². The van der Waals surface area contributed by atoms with Gasteiger partial charge in [0.25, 0.3) is 0 Å². The van der Waals surface area contributed by atoms with Gasteiger partial charge in [-0.3, -0.25) is 4.79 Å². The van der Waals surface area contributed by atoms with Crippen molar-refractivity contribution in [1.82, 2.24) is 9.80 Å². The van der Waals surface area contributed by atoms with E-state index in [0.717, 1.165) is 37.0 Å². The molecule has 0 bridgehead atoms. The van der Waals surface area contributed by atoms with Gasteiger partial charge >= 0.3 is 18.2 Å². The second-order valence-corrected chi connectivity index (χ2v) is 15.9. The number of anilines is 1. The first-order valence-electron chi connectivity index (χ1n) is 15.5. The lowest BCUT2D eigenvalue weighted by atomic mass is 9.82. The number of hydrogen-bond acceptors (Lipinski definition) is 7. The Morgan fingerprint density at radius 3 is 2.20 bits per heavy atom. The molecule has 3 amide bonds.